The largest absolute Gasteiger partial charge is 0.234 e. The van der Waals surface area contributed by atoms with Crippen molar-refractivity contribution in [2.24, 2.45) is 4.40 Å². The Balaban J connectivity index is 2.89. The molecular formula is C11H13ClFNOS. The predicted molar refractivity (Wildman–Crippen MR) is 66.9 cm³/mol. The molecule has 0 saturated carbocycles. The van der Waals surface area contributed by atoms with Crippen molar-refractivity contribution in [1.29, 1.82) is 0 Å². The molecule has 88 valence electrons. The number of halogens is 2. The zero-order valence-corrected chi connectivity index (χ0v) is 10.9. The van der Waals surface area contributed by atoms with Gasteiger partial charge in [0.2, 0.25) is 0 Å². The van der Waals surface area contributed by atoms with E-state index in [1.165, 1.54) is 18.3 Å². The van der Waals surface area contributed by atoms with Gasteiger partial charge in [-0.1, -0.05) is 11.6 Å². The fraction of sp³-hybridized carbons (Fsp3) is 0.364. The molecule has 0 spiro atoms. The van der Waals surface area contributed by atoms with Crippen LogP contribution < -0.4 is 0 Å². The minimum atomic E-state index is -1.38. The van der Waals surface area contributed by atoms with Crippen molar-refractivity contribution >= 4 is 28.8 Å². The number of nitrogens with zero attached hydrogens (tertiary/aromatic N) is 1. The molecule has 16 heavy (non-hydrogen) atoms. The fourth-order valence-electron chi connectivity index (χ4n) is 0.869. The molecule has 0 fully saturated rings. The molecular weight excluding hydrogens is 249 g/mol. The fourth-order valence-corrected chi connectivity index (χ4v) is 1.55. The smallest absolute Gasteiger partial charge is 0.144 e. The molecule has 1 aromatic carbocycles. The highest BCUT2D eigenvalue weighted by molar-refractivity contribution is 7.85. The Hall–Kier alpha value is -0.740. The van der Waals surface area contributed by atoms with E-state index in [1.807, 2.05) is 0 Å². The van der Waals surface area contributed by atoms with Crippen LogP contribution in [0.4, 0.5) is 4.39 Å². The van der Waals surface area contributed by atoms with Crippen molar-refractivity contribution in [3.8, 4) is 0 Å². The molecule has 0 amide bonds. The standard InChI is InChI=1S/C11H13ClFNOS/c1-11(2,3)16(15)14-7-8-4-5-9(12)6-10(8)13/h4-7H,1-3H3/t16-/m1/s1. The number of hydrogen-bond acceptors (Lipinski definition) is 1. The van der Waals surface area contributed by atoms with Gasteiger partial charge in [0.15, 0.2) is 0 Å². The predicted octanol–water partition coefficient (Wildman–Crippen LogP) is 3.36. The number of rotatable bonds is 2. The van der Waals surface area contributed by atoms with E-state index in [4.69, 9.17) is 11.6 Å². The summed E-state index contributed by atoms with van der Waals surface area (Å²) in [4.78, 5) is 0. The first-order valence-electron chi connectivity index (χ1n) is 4.72. The van der Waals surface area contributed by atoms with Crippen LogP contribution in [0.25, 0.3) is 0 Å². The highest BCUT2D eigenvalue weighted by Crippen LogP contribution is 2.15. The zero-order chi connectivity index (χ0) is 12.3. The molecule has 0 aliphatic carbocycles. The summed E-state index contributed by atoms with van der Waals surface area (Å²) in [6.07, 6.45) is 1.27. The van der Waals surface area contributed by atoms with Crippen LogP contribution in [-0.2, 0) is 11.0 Å². The highest BCUT2D eigenvalue weighted by Gasteiger charge is 2.18. The van der Waals surface area contributed by atoms with E-state index in [9.17, 15) is 8.60 Å². The maximum atomic E-state index is 13.3. The molecule has 1 rings (SSSR count). The van der Waals surface area contributed by atoms with Crippen molar-refractivity contribution < 1.29 is 8.60 Å². The summed E-state index contributed by atoms with van der Waals surface area (Å²) in [5.74, 6) is -0.470. The van der Waals surface area contributed by atoms with Gasteiger partial charge >= 0.3 is 0 Å². The van der Waals surface area contributed by atoms with Crippen molar-refractivity contribution in [1.82, 2.24) is 0 Å². The zero-order valence-electron chi connectivity index (χ0n) is 9.33. The maximum absolute atomic E-state index is 13.3. The van der Waals surface area contributed by atoms with E-state index in [0.29, 0.717) is 5.02 Å². The summed E-state index contributed by atoms with van der Waals surface area (Å²) in [7, 11) is -1.38. The number of hydrogen-bond donors (Lipinski definition) is 0. The summed E-state index contributed by atoms with van der Waals surface area (Å²) in [5.41, 5.74) is 0.280. The van der Waals surface area contributed by atoms with Gasteiger partial charge in [-0.05, 0) is 39.0 Å². The van der Waals surface area contributed by atoms with E-state index < -0.39 is 21.5 Å². The first kappa shape index (κ1) is 13.3. The van der Waals surface area contributed by atoms with E-state index in [0.717, 1.165) is 0 Å². The SMILES string of the molecule is CC(C)(C)[S@@](=O)N=Cc1ccc(Cl)cc1F. The first-order chi connectivity index (χ1) is 7.30. The Morgan fingerprint density at radius 2 is 2.06 bits per heavy atom. The molecule has 0 radical (unpaired) electrons. The molecule has 1 aromatic rings. The summed E-state index contributed by atoms with van der Waals surface area (Å²) < 4.78 is 28.3. The van der Waals surface area contributed by atoms with Crippen molar-refractivity contribution in [2.75, 3.05) is 0 Å². The second-order valence-electron chi connectivity index (χ2n) is 4.26. The average Bonchev–Trinajstić information content (AvgIpc) is 2.14. The van der Waals surface area contributed by atoms with Crippen LogP contribution >= 0.6 is 11.6 Å². The van der Waals surface area contributed by atoms with Gasteiger partial charge in [0.05, 0.1) is 4.75 Å². The molecule has 1 atom stereocenters. The topological polar surface area (TPSA) is 29.4 Å². The van der Waals surface area contributed by atoms with Gasteiger partial charge in [-0.3, -0.25) is 0 Å². The molecule has 0 saturated heterocycles. The van der Waals surface area contributed by atoms with E-state index in [-0.39, 0.29) is 5.56 Å². The Bertz CT molecular complexity index is 440. The average molecular weight is 262 g/mol. The molecule has 2 nitrogen and oxygen atoms in total. The lowest BCUT2D eigenvalue weighted by atomic mass is 10.2. The molecule has 5 heteroatoms. The van der Waals surface area contributed by atoms with E-state index >= 15 is 0 Å². The molecule has 0 unspecified atom stereocenters. The Morgan fingerprint density at radius 3 is 2.56 bits per heavy atom. The monoisotopic (exact) mass is 261 g/mol. The van der Waals surface area contributed by atoms with Gasteiger partial charge in [-0.2, -0.15) is 4.40 Å². The van der Waals surface area contributed by atoms with Gasteiger partial charge in [0.1, 0.15) is 16.8 Å². The lowest BCUT2D eigenvalue weighted by Gasteiger charge is -2.12. The van der Waals surface area contributed by atoms with Crippen LogP contribution in [0, 0.1) is 5.82 Å². The van der Waals surface area contributed by atoms with Crippen LogP contribution in [-0.4, -0.2) is 15.2 Å². The van der Waals surface area contributed by atoms with Gasteiger partial charge in [0.25, 0.3) is 0 Å². The van der Waals surface area contributed by atoms with E-state index in [1.54, 1.807) is 26.8 Å². The van der Waals surface area contributed by atoms with Gasteiger partial charge in [-0.15, -0.1) is 0 Å². The second-order valence-corrected chi connectivity index (χ2v) is 6.63. The number of benzene rings is 1. The molecule has 0 aliphatic heterocycles. The van der Waals surface area contributed by atoms with Crippen LogP contribution in [0.15, 0.2) is 22.6 Å². The molecule has 0 heterocycles. The molecule has 0 bridgehead atoms. The minimum Gasteiger partial charge on any atom is -0.234 e. The minimum absolute atomic E-state index is 0.280. The summed E-state index contributed by atoms with van der Waals surface area (Å²) in [6.45, 7) is 5.41. The van der Waals surface area contributed by atoms with Crippen molar-refractivity contribution in [2.45, 2.75) is 25.5 Å². The third-order valence-corrected chi connectivity index (χ3v) is 3.35. The lowest BCUT2D eigenvalue weighted by Crippen LogP contribution is -2.19. The summed E-state index contributed by atoms with van der Waals surface area (Å²) >= 11 is 5.61. The Labute approximate surface area is 102 Å². The van der Waals surface area contributed by atoms with Gasteiger partial charge in [-0.25, -0.2) is 8.60 Å². The van der Waals surface area contributed by atoms with E-state index in [2.05, 4.69) is 4.40 Å². The highest BCUT2D eigenvalue weighted by atomic mass is 35.5. The van der Waals surface area contributed by atoms with Crippen molar-refractivity contribution in [3.63, 3.8) is 0 Å². The maximum Gasteiger partial charge on any atom is 0.144 e. The Kier molecular flexibility index (Phi) is 4.21. The quantitative estimate of drug-likeness (QED) is 0.751. The normalized spacial score (nSPS) is 14.3. The van der Waals surface area contributed by atoms with Crippen LogP contribution in [0.1, 0.15) is 26.3 Å². The molecule has 0 aliphatic rings. The third-order valence-electron chi connectivity index (χ3n) is 1.77. The summed E-state index contributed by atoms with van der Waals surface area (Å²) in [5, 5.41) is 0.326. The van der Waals surface area contributed by atoms with Crippen LogP contribution in [0.3, 0.4) is 0 Å². The lowest BCUT2D eigenvalue weighted by molar-refractivity contribution is 0.626. The van der Waals surface area contributed by atoms with Gasteiger partial charge in [0, 0.05) is 16.8 Å². The second kappa shape index (κ2) is 5.06. The van der Waals surface area contributed by atoms with Crippen LogP contribution in [0.5, 0.6) is 0 Å². The van der Waals surface area contributed by atoms with Crippen molar-refractivity contribution in [3.05, 3.63) is 34.6 Å². The molecule has 0 N–H and O–H groups in total. The summed E-state index contributed by atoms with van der Waals surface area (Å²) in [6, 6.07) is 4.26. The molecule has 0 aromatic heterocycles. The first-order valence-corrected chi connectivity index (χ1v) is 6.20. The Morgan fingerprint density at radius 1 is 1.44 bits per heavy atom. The van der Waals surface area contributed by atoms with Crippen LogP contribution in [0.2, 0.25) is 5.02 Å². The third kappa shape index (κ3) is 3.68. The van der Waals surface area contributed by atoms with Gasteiger partial charge < -0.3 is 0 Å².